The standard InChI is InChI=1S/C13H9N3O5S/c1-21-8-2-3-9-11(6-8)22-12-5-7(15(17)18)4-10(16(19)20)13(12)14-9/h2-6,14H,1H3. The summed E-state index contributed by atoms with van der Waals surface area (Å²) in [5, 5.41) is 25.1. The van der Waals surface area contributed by atoms with Gasteiger partial charge in [-0.3, -0.25) is 20.2 Å². The molecule has 0 amide bonds. The Labute approximate surface area is 128 Å². The lowest BCUT2D eigenvalue weighted by Crippen LogP contribution is -2.05. The maximum absolute atomic E-state index is 11.2. The van der Waals surface area contributed by atoms with Gasteiger partial charge >= 0.3 is 5.69 Å². The number of non-ortho nitro benzene ring substituents is 1. The fourth-order valence-electron chi connectivity index (χ4n) is 2.11. The number of nitro groups is 2. The molecule has 9 heteroatoms. The summed E-state index contributed by atoms with van der Waals surface area (Å²) in [4.78, 5) is 22.1. The third kappa shape index (κ3) is 2.31. The van der Waals surface area contributed by atoms with E-state index in [1.807, 2.05) is 0 Å². The average molecular weight is 319 g/mol. The number of nitrogens with zero attached hydrogens (tertiary/aromatic N) is 2. The molecule has 112 valence electrons. The van der Waals surface area contributed by atoms with Crippen LogP contribution in [0.3, 0.4) is 0 Å². The number of hydrogen-bond donors (Lipinski definition) is 1. The molecule has 0 saturated heterocycles. The van der Waals surface area contributed by atoms with Crippen molar-refractivity contribution in [1.82, 2.24) is 0 Å². The first-order chi connectivity index (χ1) is 10.5. The van der Waals surface area contributed by atoms with Crippen LogP contribution >= 0.6 is 11.8 Å². The molecular formula is C13H9N3O5S. The van der Waals surface area contributed by atoms with Gasteiger partial charge in [0.2, 0.25) is 0 Å². The Bertz CT molecular complexity index is 809. The zero-order valence-corrected chi connectivity index (χ0v) is 12.0. The first-order valence-electron chi connectivity index (χ1n) is 6.09. The second kappa shape index (κ2) is 5.19. The fourth-order valence-corrected chi connectivity index (χ4v) is 3.19. The maximum atomic E-state index is 11.2. The van der Waals surface area contributed by atoms with Crippen LogP contribution in [0, 0.1) is 20.2 Å². The van der Waals surface area contributed by atoms with Crippen LogP contribution in [0.2, 0.25) is 0 Å². The molecule has 2 aromatic rings. The first-order valence-corrected chi connectivity index (χ1v) is 6.91. The molecule has 0 aromatic heterocycles. The van der Waals surface area contributed by atoms with E-state index in [0.717, 1.165) is 11.0 Å². The molecular weight excluding hydrogens is 310 g/mol. The van der Waals surface area contributed by atoms with Crippen molar-refractivity contribution in [3.63, 3.8) is 0 Å². The Morgan fingerprint density at radius 3 is 2.50 bits per heavy atom. The van der Waals surface area contributed by atoms with E-state index in [1.54, 1.807) is 18.2 Å². The van der Waals surface area contributed by atoms with E-state index < -0.39 is 9.85 Å². The van der Waals surface area contributed by atoms with Crippen LogP contribution in [0.15, 0.2) is 40.1 Å². The second-order valence-corrected chi connectivity index (χ2v) is 5.53. The highest BCUT2D eigenvalue weighted by atomic mass is 32.2. The number of nitrogens with one attached hydrogen (secondary N) is 1. The van der Waals surface area contributed by atoms with E-state index in [9.17, 15) is 20.2 Å². The summed E-state index contributed by atoms with van der Waals surface area (Å²) in [7, 11) is 1.53. The minimum absolute atomic E-state index is 0.262. The van der Waals surface area contributed by atoms with E-state index in [0.29, 0.717) is 16.3 Å². The monoisotopic (exact) mass is 319 g/mol. The highest BCUT2D eigenvalue weighted by Crippen LogP contribution is 2.50. The van der Waals surface area contributed by atoms with Crippen molar-refractivity contribution < 1.29 is 14.6 Å². The van der Waals surface area contributed by atoms with Gasteiger partial charge < -0.3 is 10.1 Å². The lowest BCUT2D eigenvalue weighted by atomic mass is 10.2. The topological polar surface area (TPSA) is 108 Å². The number of methoxy groups -OCH3 is 1. The largest absolute Gasteiger partial charge is 0.497 e. The van der Waals surface area contributed by atoms with E-state index in [1.165, 1.54) is 24.9 Å². The minimum atomic E-state index is -0.644. The summed E-state index contributed by atoms with van der Waals surface area (Å²) >= 11 is 1.22. The van der Waals surface area contributed by atoms with Crippen molar-refractivity contribution in [2.24, 2.45) is 0 Å². The molecule has 0 saturated carbocycles. The fraction of sp³-hybridized carbons (Fsp3) is 0.0769. The summed E-state index contributed by atoms with van der Waals surface area (Å²) in [6, 6.07) is 7.52. The molecule has 1 N–H and O–H groups in total. The van der Waals surface area contributed by atoms with Gasteiger partial charge in [-0.15, -0.1) is 0 Å². The van der Waals surface area contributed by atoms with Gasteiger partial charge in [-0.2, -0.15) is 0 Å². The zero-order chi connectivity index (χ0) is 15.9. The summed E-state index contributed by atoms with van der Waals surface area (Å²) in [6.45, 7) is 0. The van der Waals surface area contributed by atoms with Crippen molar-refractivity contribution in [2.75, 3.05) is 12.4 Å². The molecule has 22 heavy (non-hydrogen) atoms. The Morgan fingerprint density at radius 1 is 1.09 bits per heavy atom. The van der Waals surface area contributed by atoms with Crippen LogP contribution in [0.25, 0.3) is 0 Å². The number of hydrogen-bond acceptors (Lipinski definition) is 7. The summed E-state index contributed by atoms with van der Waals surface area (Å²) in [6.07, 6.45) is 0. The molecule has 0 unspecified atom stereocenters. The van der Waals surface area contributed by atoms with Crippen LogP contribution in [0.1, 0.15) is 0 Å². The van der Waals surface area contributed by atoms with Crippen molar-refractivity contribution in [3.05, 3.63) is 50.6 Å². The number of rotatable bonds is 3. The maximum Gasteiger partial charge on any atom is 0.300 e. The summed E-state index contributed by atoms with van der Waals surface area (Å²) in [5.41, 5.74) is 0.317. The molecule has 1 heterocycles. The molecule has 0 spiro atoms. The molecule has 1 aliphatic heterocycles. The molecule has 0 radical (unpaired) electrons. The molecule has 2 aromatic carbocycles. The zero-order valence-electron chi connectivity index (χ0n) is 11.2. The smallest absolute Gasteiger partial charge is 0.300 e. The number of ether oxygens (including phenoxy) is 1. The predicted octanol–water partition coefficient (Wildman–Crippen LogP) is 3.72. The predicted molar refractivity (Wildman–Crippen MR) is 80.2 cm³/mol. The molecule has 0 fully saturated rings. The van der Waals surface area contributed by atoms with E-state index >= 15 is 0 Å². The molecule has 0 bridgehead atoms. The van der Waals surface area contributed by atoms with Crippen LogP contribution in [0.5, 0.6) is 5.75 Å². The summed E-state index contributed by atoms with van der Waals surface area (Å²) < 4.78 is 5.13. The quantitative estimate of drug-likeness (QED) is 0.579. The molecule has 1 aliphatic rings. The van der Waals surface area contributed by atoms with Gasteiger partial charge in [0, 0.05) is 15.9 Å². The van der Waals surface area contributed by atoms with Crippen molar-refractivity contribution >= 4 is 34.5 Å². The second-order valence-electron chi connectivity index (χ2n) is 4.44. The van der Waals surface area contributed by atoms with Crippen molar-refractivity contribution in [1.29, 1.82) is 0 Å². The summed E-state index contributed by atoms with van der Waals surface area (Å²) in [5.74, 6) is 0.636. The molecule has 0 aliphatic carbocycles. The molecule has 3 rings (SSSR count). The normalized spacial score (nSPS) is 11.9. The van der Waals surface area contributed by atoms with Crippen LogP contribution in [0.4, 0.5) is 22.7 Å². The lowest BCUT2D eigenvalue weighted by molar-refractivity contribution is -0.393. The van der Waals surface area contributed by atoms with Crippen LogP contribution < -0.4 is 10.1 Å². The Kier molecular flexibility index (Phi) is 3.33. The number of benzene rings is 2. The van der Waals surface area contributed by atoms with Gasteiger partial charge in [-0.05, 0) is 18.2 Å². The van der Waals surface area contributed by atoms with E-state index in [4.69, 9.17) is 4.74 Å². The minimum Gasteiger partial charge on any atom is -0.497 e. The SMILES string of the molecule is COc1ccc2c(c1)Sc1cc([N+](=O)[O-])cc([N+](=O)[O-])c1N2. The number of nitro benzene ring substituents is 2. The molecule has 0 atom stereocenters. The van der Waals surface area contributed by atoms with Crippen molar-refractivity contribution in [2.45, 2.75) is 9.79 Å². The van der Waals surface area contributed by atoms with Gasteiger partial charge in [-0.1, -0.05) is 11.8 Å². The number of fused-ring (bicyclic) bond motifs is 2. The third-order valence-corrected chi connectivity index (χ3v) is 4.24. The lowest BCUT2D eigenvalue weighted by Gasteiger charge is -2.20. The van der Waals surface area contributed by atoms with Crippen LogP contribution in [-0.4, -0.2) is 17.0 Å². The number of anilines is 2. The van der Waals surface area contributed by atoms with Gasteiger partial charge in [0.15, 0.2) is 0 Å². The average Bonchev–Trinajstić information content (AvgIpc) is 2.50. The van der Waals surface area contributed by atoms with E-state index in [-0.39, 0.29) is 17.1 Å². The van der Waals surface area contributed by atoms with Gasteiger partial charge in [0.1, 0.15) is 11.4 Å². The highest BCUT2D eigenvalue weighted by molar-refractivity contribution is 7.99. The highest BCUT2D eigenvalue weighted by Gasteiger charge is 2.28. The van der Waals surface area contributed by atoms with Gasteiger partial charge in [0.25, 0.3) is 5.69 Å². The van der Waals surface area contributed by atoms with Crippen molar-refractivity contribution in [3.8, 4) is 5.75 Å². The third-order valence-electron chi connectivity index (χ3n) is 3.14. The Hall–Kier alpha value is -2.81. The Morgan fingerprint density at radius 2 is 1.86 bits per heavy atom. The first kappa shape index (κ1) is 14.1. The Balaban J connectivity index is 2.14. The molecule has 8 nitrogen and oxygen atoms in total. The van der Waals surface area contributed by atoms with Gasteiger partial charge in [-0.25, -0.2) is 0 Å². The van der Waals surface area contributed by atoms with Crippen LogP contribution in [-0.2, 0) is 0 Å². The van der Waals surface area contributed by atoms with Gasteiger partial charge in [0.05, 0.1) is 28.7 Å². The van der Waals surface area contributed by atoms with E-state index in [2.05, 4.69) is 5.32 Å².